The molecule has 44 heavy (non-hydrogen) atoms. The highest BCUT2D eigenvalue weighted by Gasteiger charge is 2.29. The lowest BCUT2D eigenvalue weighted by Crippen LogP contribution is -2.52. The quantitative estimate of drug-likeness (QED) is 0.364. The van der Waals surface area contributed by atoms with Crippen LogP contribution < -0.4 is 20.3 Å². The highest BCUT2D eigenvalue weighted by Crippen LogP contribution is 2.34. The molecule has 1 aromatic heterocycles. The fourth-order valence-corrected chi connectivity index (χ4v) is 8.02. The van der Waals surface area contributed by atoms with E-state index >= 15 is 0 Å². The van der Waals surface area contributed by atoms with E-state index in [9.17, 15) is 8.42 Å². The number of likely N-dealkylation sites (N-methyl/N-ethyl adjacent to an activating group) is 1. The number of hydrogen-bond acceptors (Lipinski definition) is 11. The summed E-state index contributed by atoms with van der Waals surface area (Å²) in [6, 6.07) is 13.7. The van der Waals surface area contributed by atoms with E-state index in [1.54, 1.807) is 35.7 Å². The van der Waals surface area contributed by atoms with Crippen molar-refractivity contribution >= 4 is 39.0 Å². The van der Waals surface area contributed by atoms with Crippen LogP contribution in [0.5, 0.6) is 5.75 Å². The van der Waals surface area contributed by atoms with Crippen molar-refractivity contribution in [2.45, 2.75) is 43.0 Å². The Morgan fingerprint density at radius 3 is 2.20 bits per heavy atom. The monoisotopic (exact) mass is 621 g/mol. The van der Waals surface area contributed by atoms with Crippen LogP contribution in [0, 0.1) is 0 Å². The zero-order valence-electron chi connectivity index (χ0n) is 25.7. The first-order chi connectivity index (χ1) is 21.4. The zero-order chi connectivity index (χ0) is 30.5. The maximum atomic E-state index is 13.4. The number of benzene rings is 2. The molecule has 3 aliphatic rings. The second-order valence-electron chi connectivity index (χ2n) is 11.8. The molecule has 3 saturated heterocycles. The highest BCUT2D eigenvalue weighted by molar-refractivity contribution is 7.89. The number of sulfonamides is 1. The second kappa shape index (κ2) is 13.6. The Hall–Kier alpha value is -3.52. The summed E-state index contributed by atoms with van der Waals surface area (Å²) in [5.41, 5.74) is 2.29. The summed E-state index contributed by atoms with van der Waals surface area (Å²) in [5, 5.41) is 6.35. The SMILES string of the molecule is COc1cc(N2CCC(N3CCN(C)CC3)CC2)ccc1Nc1ncnc(Nc2ccccc2S(=O)(=O)N2CCCCC2)n1. The lowest BCUT2D eigenvalue weighted by Gasteiger charge is -2.42. The molecule has 3 aromatic rings. The maximum absolute atomic E-state index is 13.4. The molecule has 6 rings (SSSR count). The lowest BCUT2D eigenvalue weighted by atomic mass is 10.0. The van der Waals surface area contributed by atoms with E-state index in [0.29, 0.717) is 36.5 Å². The maximum Gasteiger partial charge on any atom is 0.245 e. The fourth-order valence-electron chi connectivity index (χ4n) is 6.35. The van der Waals surface area contributed by atoms with E-state index in [1.165, 1.54) is 6.33 Å². The van der Waals surface area contributed by atoms with Crippen LogP contribution in [-0.2, 0) is 10.0 Å². The molecular weight excluding hydrogens is 578 g/mol. The number of piperidine rings is 2. The molecule has 2 aromatic carbocycles. The van der Waals surface area contributed by atoms with Gasteiger partial charge in [0.05, 0.1) is 18.5 Å². The topological polar surface area (TPSA) is 119 Å². The smallest absolute Gasteiger partial charge is 0.245 e. The number of rotatable bonds is 9. The number of para-hydroxylation sites is 1. The van der Waals surface area contributed by atoms with Gasteiger partial charge in [0.1, 0.15) is 17.0 Å². The van der Waals surface area contributed by atoms with Gasteiger partial charge >= 0.3 is 0 Å². The Balaban J connectivity index is 1.12. The molecule has 4 heterocycles. The third-order valence-electron chi connectivity index (χ3n) is 8.95. The van der Waals surface area contributed by atoms with Gasteiger partial charge in [-0.25, -0.2) is 18.4 Å². The predicted octanol–water partition coefficient (Wildman–Crippen LogP) is 3.76. The minimum atomic E-state index is -3.65. The number of piperazine rings is 1. The number of nitrogens with zero attached hydrogens (tertiary/aromatic N) is 7. The van der Waals surface area contributed by atoms with Crippen LogP contribution in [0.2, 0.25) is 0 Å². The standard InChI is InChI=1S/C31H43N9O3S/c1-37-18-20-39(21-19-37)24-12-16-38(17-13-24)25-10-11-26(28(22-25)43-2)34-30-32-23-33-31(36-30)35-27-8-4-5-9-29(27)44(41,42)40-14-6-3-7-15-40/h4-5,8-11,22-24H,3,6-7,12-21H2,1-2H3,(H2,32,33,34,35,36). The normalized spacial score (nSPS) is 19.5. The van der Waals surface area contributed by atoms with Crippen LogP contribution in [0.4, 0.5) is 29.0 Å². The Morgan fingerprint density at radius 1 is 0.818 bits per heavy atom. The van der Waals surface area contributed by atoms with E-state index < -0.39 is 10.0 Å². The Bertz CT molecular complexity index is 1520. The summed E-state index contributed by atoms with van der Waals surface area (Å²) < 4.78 is 34.1. The summed E-state index contributed by atoms with van der Waals surface area (Å²) in [5.74, 6) is 1.25. The van der Waals surface area contributed by atoms with E-state index in [1.807, 2.05) is 6.07 Å². The molecule has 0 saturated carbocycles. The molecule has 3 aliphatic heterocycles. The Kier molecular flexibility index (Phi) is 9.45. The Morgan fingerprint density at radius 2 is 1.50 bits per heavy atom. The molecule has 0 aliphatic carbocycles. The zero-order valence-corrected chi connectivity index (χ0v) is 26.5. The van der Waals surface area contributed by atoms with Gasteiger partial charge in [0.25, 0.3) is 0 Å². The predicted molar refractivity (Wildman–Crippen MR) is 173 cm³/mol. The number of anilines is 5. The summed E-state index contributed by atoms with van der Waals surface area (Å²) >= 11 is 0. The molecule has 12 nitrogen and oxygen atoms in total. The minimum Gasteiger partial charge on any atom is -0.494 e. The first-order valence-corrected chi connectivity index (χ1v) is 17.0. The minimum absolute atomic E-state index is 0.210. The van der Waals surface area contributed by atoms with E-state index in [4.69, 9.17) is 4.74 Å². The average Bonchev–Trinajstić information content (AvgIpc) is 3.06. The van der Waals surface area contributed by atoms with Gasteiger partial charge in [-0.1, -0.05) is 18.6 Å². The first kappa shape index (κ1) is 30.5. The first-order valence-electron chi connectivity index (χ1n) is 15.6. The van der Waals surface area contributed by atoms with Crippen LogP contribution >= 0.6 is 0 Å². The van der Waals surface area contributed by atoms with Crippen LogP contribution in [-0.4, -0.2) is 110 Å². The van der Waals surface area contributed by atoms with Gasteiger partial charge < -0.3 is 25.2 Å². The van der Waals surface area contributed by atoms with Crippen molar-refractivity contribution in [3.05, 3.63) is 48.8 Å². The molecule has 0 spiro atoms. The van der Waals surface area contributed by atoms with Gasteiger partial charge in [-0.15, -0.1) is 0 Å². The van der Waals surface area contributed by atoms with Gasteiger partial charge in [-0.05, 0) is 57.0 Å². The van der Waals surface area contributed by atoms with Crippen molar-refractivity contribution in [1.82, 2.24) is 29.1 Å². The third kappa shape index (κ3) is 6.90. The van der Waals surface area contributed by atoms with Crippen molar-refractivity contribution < 1.29 is 13.2 Å². The van der Waals surface area contributed by atoms with Crippen LogP contribution in [0.3, 0.4) is 0 Å². The van der Waals surface area contributed by atoms with Gasteiger partial charge in [0.2, 0.25) is 21.9 Å². The molecule has 3 fully saturated rings. The molecule has 0 amide bonds. The van der Waals surface area contributed by atoms with Crippen molar-refractivity contribution in [2.75, 3.05) is 82.0 Å². The van der Waals surface area contributed by atoms with E-state index in [0.717, 1.165) is 82.7 Å². The molecular formula is C31H43N9O3S. The van der Waals surface area contributed by atoms with E-state index in [2.05, 4.69) is 59.5 Å². The number of nitrogens with one attached hydrogen (secondary N) is 2. The van der Waals surface area contributed by atoms with Crippen molar-refractivity contribution in [1.29, 1.82) is 0 Å². The largest absolute Gasteiger partial charge is 0.494 e. The molecule has 2 N–H and O–H groups in total. The number of methoxy groups -OCH3 is 1. The van der Waals surface area contributed by atoms with Crippen molar-refractivity contribution in [2.24, 2.45) is 0 Å². The molecule has 236 valence electrons. The number of ether oxygens (including phenoxy) is 1. The molecule has 0 radical (unpaired) electrons. The summed E-state index contributed by atoms with van der Waals surface area (Å²) in [6.45, 7) is 7.73. The summed E-state index contributed by atoms with van der Waals surface area (Å²) in [6.07, 6.45) is 6.51. The van der Waals surface area contributed by atoms with Gasteiger partial charge in [-0.3, -0.25) is 4.90 Å². The van der Waals surface area contributed by atoms with Gasteiger partial charge in [0.15, 0.2) is 0 Å². The van der Waals surface area contributed by atoms with Gasteiger partial charge in [0, 0.05) is 70.2 Å². The van der Waals surface area contributed by atoms with Crippen LogP contribution in [0.15, 0.2) is 53.7 Å². The molecule has 0 unspecified atom stereocenters. The Labute approximate surface area is 260 Å². The van der Waals surface area contributed by atoms with Gasteiger partial charge in [-0.2, -0.15) is 9.29 Å². The fraction of sp³-hybridized carbons (Fsp3) is 0.516. The molecule has 0 bridgehead atoms. The van der Waals surface area contributed by atoms with Crippen molar-refractivity contribution in [3.63, 3.8) is 0 Å². The highest BCUT2D eigenvalue weighted by atomic mass is 32.2. The summed E-state index contributed by atoms with van der Waals surface area (Å²) in [4.78, 5) is 20.8. The van der Waals surface area contributed by atoms with Crippen LogP contribution in [0.1, 0.15) is 32.1 Å². The van der Waals surface area contributed by atoms with Crippen LogP contribution in [0.25, 0.3) is 0 Å². The second-order valence-corrected chi connectivity index (χ2v) is 13.7. The van der Waals surface area contributed by atoms with Crippen molar-refractivity contribution in [3.8, 4) is 5.75 Å². The number of aromatic nitrogens is 3. The summed E-state index contributed by atoms with van der Waals surface area (Å²) in [7, 11) is 0.214. The third-order valence-corrected chi connectivity index (χ3v) is 10.9. The lowest BCUT2D eigenvalue weighted by molar-refractivity contribution is 0.0982. The molecule has 0 atom stereocenters. The molecule has 13 heteroatoms. The average molecular weight is 622 g/mol. The number of hydrogen-bond donors (Lipinski definition) is 2. The van der Waals surface area contributed by atoms with E-state index in [-0.39, 0.29) is 10.8 Å².